The van der Waals surface area contributed by atoms with Gasteiger partial charge in [-0.15, -0.1) is 0 Å². The normalized spacial score (nSPS) is 15.4. The van der Waals surface area contributed by atoms with Gasteiger partial charge in [0.05, 0.1) is 11.6 Å². The zero-order valence-electron chi connectivity index (χ0n) is 12.4. The molecule has 0 atom stereocenters. The van der Waals surface area contributed by atoms with Gasteiger partial charge in [0.15, 0.2) is 0 Å². The van der Waals surface area contributed by atoms with E-state index in [0.29, 0.717) is 17.7 Å². The maximum Gasteiger partial charge on any atom is 0.251 e. The van der Waals surface area contributed by atoms with Gasteiger partial charge in [-0.3, -0.25) is 4.79 Å². The first-order valence-electron chi connectivity index (χ1n) is 7.57. The van der Waals surface area contributed by atoms with E-state index in [1.165, 1.54) is 12.0 Å². The van der Waals surface area contributed by atoms with Gasteiger partial charge >= 0.3 is 0 Å². The highest BCUT2D eigenvalue weighted by atomic mass is 16.1. The third-order valence-electron chi connectivity index (χ3n) is 4.54. The molecule has 110 valence electrons. The summed E-state index contributed by atoms with van der Waals surface area (Å²) in [7, 11) is 0. The highest BCUT2D eigenvalue weighted by Gasteiger charge is 2.38. The lowest BCUT2D eigenvalue weighted by Gasteiger charge is -2.42. The van der Waals surface area contributed by atoms with E-state index in [4.69, 9.17) is 5.26 Å². The fraction of sp³-hybridized carbons (Fsp3) is 0.263. The lowest BCUT2D eigenvalue weighted by Crippen LogP contribution is -2.45. The molecule has 0 aromatic heterocycles. The van der Waals surface area contributed by atoms with Crippen LogP contribution in [0.4, 0.5) is 0 Å². The summed E-state index contributed by atoms with van der Waals surface area (Å²) in [6.45, 7) is 0.645. The van der Waals surface area contributed by atoms with Crippen LogP contribution in [0.15, 0.2) is 54.6 Å². The van der Waals surface area contributed by atoms with Crippen LogP contribution in [-0.2, 0) is 5.41 Å². The number of nitriles is 1. The summed E-state index contributed by atoms with van der Waals surface area (Å²) in [5.74, 6) is -0.112. The quantitative estimate of drug-likeness (QED) is 0.938. The Balaban J connectivity index is 1.71. The second-order valence-corrected chi connectivity index (χ2v) is 5.88. The molecule has 0 aliphatic heterocycles. The highest BCUT2D eigenvalue weighted by molar-refractivity contribution is 5.94. The van der Waals surface area contributed by atoms with Crippen LogP contribution in [0, 0.1) is 11.3 Å². The third kappa shape index (κ3) is 2.73. The molecule has 3 rings (SSSR count). The molecule has 3 heteroatoms. The molecule has 0 radical (unpaired) electrons. The van der Waals surface area contributed by atoms with Crippen molar-refractivity contribution in [3.8, 4) is 6.07 Å². The molecule has 0 bridgehead atoms. The lowest BCUT2D eigenvalue weighted by atomic mass is 9.64. The number of benzene rings is 2. The standard InChI is InChI=1S/C19H18N2O/c20-13-15-6-4-7-16(12-15)18(22)21-14-19(10-5-11-19)17-8-2-1-3-9-17/h1-4,6-9,12H,5,10-11,14H2,(H,21,22). The Hall–Kier alpha value is -2.60. The van der Waals surface area contributed by atoms with Crippen molar-refractivity contribution in [1.29, 1.82) is 5.26 Å². The zero-order chi connectivity index (χ0) is 15.4. The predicted octanol–water partition coefficient (Wildman–Crippen LogP) is 3.41. The number of rotatable bonds is 4. The average molecular weight is 290 g/mol. The fourth-order valence-electron chi connectivity index (χ4n) is 3.04. The molecule has 0 unspecified atom stereocenters. The topological polar surface area (TPSA) is 52.9 Å². The monoisotopic (exact) mass is 290 g/mol. The van der Waals surface area contributed by atoms with Crippen molar-refractivity contribution in [2.75, 3.05) is 6.54 Å². The number of hydrogen-bond donors (Lipinski definition) is 1. The molecule has 3 nitrogen and oxygen atoms in total. The smallest absolute Gasteiger partial charge is 0.251 e. The summed E-state index contributed by atoms with van der Waals surface area (Å²) in [6.07, 6.45) is 3.42. The molecule has 2 aromatic rings. The second-order valence-electron chi connectivity index (χ2n) is 5.88. The molecule has 2 aromatic carbocycles. The van der Waals surface area contributed by atoms with Crippen LogP contribution in [0.5, 0.6) is 0 Å². The maximum absolute atomic E-state index is 12.3. The SMILES string of the molecule is N#Cc1cccc(C(=O)NCC2(c3ccccc3)CCC2)c1. The molecule has 0 heterocycles. The molecule has 1 N–H and O–H groups in total. The number of hydrogen-bond acceptors (Lipinski definition) is 2. The molecular weight excluding hydrogens is 272 g/mol. The summed E-state index contributed by atoms with van der Waals surface area (Å²) in [6, 6.07) is 19.3. The van der Waals surface area contributed by atoms with Crippen molar-refractivity contribution in [3.05, 3.63) is 71.3 Å². The van der Waals surface area contributed by atoms with Crippen molar-refractivity contribution in [2.24, 2.45) is 0 Å². The van der Waals surface area contributed by atoms with E-state index < -0.39 is 0 Å². The molecule has 1 aliphatic carbocycles. The van der Waals surface area contributed by atoms with Crippen molar-refractivity contribution in [3.63, 3.8) is 0 Å². The van der Waals surface area contributed by atoms with Crippen LogP contribution in [-0.4, -0.2) is 12.5 Å². The molecule has 1 amide bonds. The van der Waals surface area contributed by atoms with Gasteiger partial charge in [-0.05, 0) is 36.6 Å². The number of carbonyl (C=O) groups excluding carboxylic acids is 1. The molecule has 0 spiro atoms. The fourth-order valence-corrected chi connectivity index (χ4v) is 3.04. The third-order valence-corrected chi connectivity index (χ3v) is 4.54. The van der Waals surface area contributed by atoms with Gasteiger partial charge in [-0.1, -0.05) is 42.8 Å². The molecule has 1 saturated carbocycles. The lowest BCUT2D eigenvalue weighted by molar-refractivity contribution is 0.0928. The van der Waals surface area contributed by atoms with Gasteiger partial charge in [-0.25, -0.2) is 0 Å². The number of nitrogens with zero attached hydrogens (tertiary/aromatic N) is 1. The van der Waals surface area contributed by atoms with Crippen molar-refractivity contribution >= 4 is 5.91 Å². The van der Waals surface area contributed by atoms with E-state index in [2.05, 4.69) is 23.5 Å². The Bertz CT molecular complexity index is 712. The molecule has 1 aliphatic rings. The Morgan fingerprint density at radius 2 is 1.91 bits per heavy atom. The predicted molar refractivity (Wildman–Crippen MR) is 85.5 cm³/mol. The van der Waals surface area contributed by atoms with E-state index in [0.717, 1.165) is 12.8 Å². The van der Waals surface area contributed by atoms with Crippen LogP contribution < -0.4 is 5.32 Å². The van der Waals surface area contributed by atoms with Gasteiger partial charge in [-0.2, -0.15) is 5.26 Å². The first kappa shape index (κ1) is 14.3. The van der Waals surface area contributed by atoms with Gasteiger partial charge < -0.3 is 5.32 Å². The molecule has 22 heavy (non-hydrogen) atoms. The maximum atomic E-state index is 12.3. The Labute approximate surface area is 130 Å². The summed E-state index contributed by atoms with van der Waals surface area (Å²) < 4.78 is 0. The number of carbonyl (C=O) groups is 1. The van der Waals surface area contributed by atoms with Crippen LogP contribution in [0.3, 0.4) is 0 Å². The van der Waals surface area contributed by atoms with Crippen molar-refractivity contribution in [2.45, 2.75) is 24.7 Å². The summed E-state index contributed by atoms with van der Waals surface area (Å²) in [5.41, 5.74) is 2.42. The van der Waals surface area contributed by atoms with E-state index in [-0.39, 0.29) is 11.3 Å². The Morgan fingerprint density at radius 3 is 2.55 bits per heavy atom. The van der Waals surface area contributed by atoms with E-state index >= 15 is 0 Å². The summed E-state index contributed by atoms with van der Waals surface area (Å²) in [4.78, 5) is 12.3. The van der Waals surface area contributed by atoms with Gasteiger partial charge in [0.2, 0.25) is 0 Å². The molecule has 1 fully saturated rings. The average Bonchev–Trinajstić information content (AvgIpc) is 2.54. The van der Waals surface area contributed by atoms with Gasteiger partial charge in [0.25, 0.3) is 5.91 Å². The molecular formula is C19H18N2O. The van der Waals surface area contributed by atoms with E-state index in [1.807, 2.05) is 18.2 Å². The number of amides is 1. The highest BCUT2D eigenvalue weighted by Crippen LogP contribution is 2.43. The molecule has 0 saturated heterocycles. The van der Waals surface area contributed by atoms with Gasteiger partial charge in [0, 0.05) is 17.5 Å². The van der Waals surface area contributed by atoms with Crippen LogP contribution in [0.2, 0.25) is 0 Å². The van der Waals surface area contributed by atoms with Crippen molar-refractivity contribution < 1.29 is 4.79 Å². The first-order valence-corrected chi connectivity index (χ1v) is 7.57. The minimum absolute atomic E-state index is 0.0732. The van der Waals surface area contributed by atoms with E-state index in [1.54, 1.807) is 24.3 Å². The Morgan fingerprint density at radius 1 is 1.14 bits per heavy atom. The Kier molecular flexibility index (Phi) is 3.93. The largest absolute Gasteiger partial charge is 0.351 e. The zero-order valence-corrected chi connectivity index (χ0v) is 12.4. The van der Waals surface area contributed by atoms with E-state index in [9.17, 15) is 4.79 Å². The van der Waals surface area contributed by atoms with Gasteiger partial charge in [0.1, 0.15) is 0 Å². The van der Waals surface area contributed by atoms with Crippen LogP contribution in [0.25, 0.3) is 0 Å². The summed E-state index contributed by atoms with van der Waals surface area (Å²) >= 11 is 0. The number of nitrogens with one attached hydrogen (secondary N) is 1. The minimum Gasteiger partial charge on any atom is -0.351 e. The minimum atomic E-state index is -0.112. The van der Waals surface area contributed by atoms with Crippen molar-refractivity contribution in [1.82, 2.24) is 5.32 Å². The van der Waals surface area contributed by atoms with Crippen LogP contribution >= 0.6 is 0 Å². The summed E-state index contributed by atoms with van der Waals surface area (Å²) in [5, 5.41) is 12.0. The second kappa shape index (κ2) is 6.03. The first-order chi connectivity index (χ1) is 10.7. The van der Waals surface area contributed by atoms with Crippen LogP contribution in [0.1, 0.15) is 40.7 Å².